The van der Waals surface area contributed by atoms with Crippen molar-refractivity contribution in [1.29, 1.82) is 0 Å². The third kappa shape index (κ3) is 4.62. The van der Waals surface area contributed by atoms with Crippen molar-refractivity contribution in [1.82, 2.24) is 4.57 Å². The highest BCUT2D eigenvalue weighted by atomic mass is 32.1. The predicted octanol–water partition coefficient (Wildman–Crippen LogP) is 2.81. The number of benzene rings is 2. The summed E-state index contributed by atoms with van der Waals surface area (Å²) in [4.78, 5) is 45.5. The second-order valence-corrected chi connectivity index (χ2v) is 10.1. The van der Waals surface area contributed by atoms with Gasteiger partial charge in [0.25, 0.3) is 11.5 Å². The minimum atomic E-state index is -0.891. The maximum absolute atomic E-state index is 14.0. The van der Waals surface area contributed by atoms with E-state index in [2.05, 4.69) is 10.1 Å². The molecule has 1 amide bonds. The molecule has 0 bridgehead atoms. The summed E-state index contributed by atoms with van der Waals surface area (Å²) in [7, 11) is 3.05. The van der Waals surface area contributed by atoms with Crippen molar-refractivity contribution in [3.63, 3.8) is 0 Å². The van der Waals surface area contributed by atoms with Gasteiger partial charge in [-0.15, -0.1) is 0 Å². The molecule has 0 fully saturated rings. The zero-order chi connectivity index (χ0) is 28.6. The first-order valence-electron chi connectivity index (χ1n) is 12.6. The summed E-state index contributed by atoms with van der Waals surface area (Å²) in [6.07, 6.45) is 1.62. The lowest BCUT2D eigenvalue weighted by Crippen LogP contribution is -2.40. The Morgan fingerprint density at radius 3 is 2.50 bits per heavy atom. The molecule has 1 aromatic heterocycles. The average molecular weight is 561 g/mol. The summed E-state index contributed by atoms with van der Waals surface area (Å²) in [6.45, 7) is 5.33. The van der Waals surface area contributed by atoms with Gasteiger partial charge in [-0.2, -0.15) is 10.1 Å². The number of thiazole rings is 1. The zero-order valence-electron chi connectivity index (χ0n) is 22.7. The lowest BCUT2D eigenvalue weighted by Gasteiger charge is -2.26. The Morgan fingerprint density at radius 1 is 1.07 bits per heavy atom. The molecule has 2 aromatic carbocycles. The van der Waals surface area contributed by atoms with Crippen LogP contribution in [0.1, 0.15) is 32.4 Å². The number of aromatic nitrogens is 1. The second-order valence-electron chi connectivity index (χ2n) is 9.14. The van der Waals surface area contributed by atoms with Gasteiger partial charge >= 0.3 is 5.97 Å². The Morgan fingerprint density at radius 2 is 1.82 bits per heavy atom. The highest BCUT2D eigenvalue weighted by molar-refractivity contribution is 7.07. The zero-order valence-corrected chi connectivity index (χ0v) is 23.5. The summed E-state index contributed by atoms with van der Waals surface area (Å²) in [5.74, 6) is -0.578. The van der Waals surface area contributed by atoms with Crippen LogP contribution >= 0.6 is 11.3 Å². The van der Waals surface area contributed by atoms with Crippen molar-refractivity contribution >= 4 is 40.7 Å². The molecule has 3 aromatic rings. The van der Waals surface area contributed by atoms with Crippen LogP contribution in [0.15, 0.2) is 74.7 Å². The van der Waals surface area contributed by atoms with Crippen LogP contribution in [0.4, 0.5) is 5.69 Å². The SMILES string of the molecule is CCOC(=O)C1=C(C)N=c2s/c(=C/[C@H]3C(=O)N(c4ccccc4)N=C3C)c(=O)n2[C@@H]1c1cc(OC)ccc1OC. The summed E-state index contributed by atoms with van der Waals surface area (Å²) < 4.78 is 18.2. The Labute approximate surface area is 234 Å². The molecule has 0 spiro atoms. The summed E-state index contributed by atoms with van der Waals surface area (Å²) in [5, 5.41) is 5.79. The normalized spacial score (nSPS) is 18.8. The van der Waals surface area contributed by atoms with Crippen molar-refractivity contribution in [2.24, 2.45) is 16.0 Å². The van der Waals surface area contributed by atoms with Gasteiger partial charge in [0.15, 0.2) is 4.80 Å². The molecule has 0 unspecified atom stereocenters. The van der Waals surface area contributed by atoms with Crippen LogP contribution in [0, 0.1) is 5.92 Å². The van der Waals surface area contributed by atoms with Crippen LogP contribution in [-0.2, 0) is 14.3 Å². The molecule has 5 rings (SSSR count). The van der Waals surface area contributed by atoms with E-state index in [1.807, 2.05) is 18.2 Å². The van der Waals surface area contributed by atoms with Crippen LogP contribution < -0.4 is 29.4 Å². The summed E-state index contributed by atoms with van der Waals surface area (Å²) in [5.41, 5.74) is 1.99. The number of allylic oxidation sites excluding steroid dienone is 1. The fourth-order valence-electron chi connectivity index (χ4n) is 4.83. The summed E-state index contributed by atoms with van der Waals surface area (Å²) in [6, 6.07) is 13.4. The number of hydrogen-bond acceptors (Lipinski definition) is 9. The van der Waals surface area contributed by atoms with Crippen LogP contribution in [0.2, 0.25) is 0 Å². The third-order valence-electron chi connectivity index (χ3n) is 6.75. The molecule has 3 heterocycles. The van der Waals surface area contributed by atoms with Gasteiger partial charge in [-0.25, -0.2) is 9.79 Å². The van der Waals surface area contributed by atoms with Gasteiger partial charge in [0, 0.05) is 5.56 Å². The number of fused-ring (bicyclic) bond motifs is 1. The lowest BCUT2D eigenvalue weighted by atomic mass is 9.94. The van der Waals surface area contributed by atoms with Crippen molar-refractivity contribution in [3.8, 4) is 11.5 Å². The molecule has 11 heteroatoms. The van der Waals surface area contributed by atoms with E-state index in [0.717, 1.165) is 11.3 Å². The largest absolute Gasteiger partial charge is 0.497 e. The Balaban J connectivity index is 1.68. The topological polar surface area (TPSA) is 112 Å². The Bertz CT molecular complexity index is 1740. The second kappa shape index (κ2) is 10.9. The van der Waals surface area contributed by atoms with E-state index >= 15 is 0 Å². The molecule has 10 nitrogen and oxygen atoms in total. The van der Waals surface area contributed by atoms with Crippen molar-refractivity contribution in [3.05, 3.63) is 85.1 Å². The standard InChI is InChI=1S/C29H28N4O6S/c1-6-39-28(36)24-17(3)30-29-32(25(24)21-14-19(37-4)12-13-22(21)38-5)27(35)23(40-29)15-20-16(2)31-33(26(20)34)18-10-8-7-9-11-18/h7-15,20,25H,6H2,1-5H3/b23-15+/t20-,25-/m1/s1. The van der Waals surface area contributed by atoms with Crippen molar-refractivity contribution in [2.45, 2.75) is 26.8 Å². The molecule has 206 valence electrons. The number of anilines is 1. The van der Waals surface area contributed by atoms with E-state index < -0.39 is 23.5 Å². The number of hydrazone groups is 1. The lowest BCUT2D eigenvalue weighted by molar-refractivity contribution is -0.139. The first-order valence-corrected chi connectivity index (χ1v) is 13.5. The summed E-state index contributed by atoms with van der Waals surface area (Å²) >= 11 is 1.15. The smallest absolute Gasteiger partial charge is 0.338 e. The number of esters is 1. The van der Waals surface area contributed by atoms with Gasteiger partial charge in [-0.05, 0) is 57.2 Å². The minimum Gasteiger partial charge on any atom is -0.497 e. The Hall–Kier alpha value is -4.51. The molecule has 2 aliphatic heterocycles. The quantitative estimate of drug-likeness (QED) is 0.411. The number of carbonyl (C=O) groups is 2. The van der Waals surface area contributed by atoms with Gasteiger partial charge in [-0.1, -0.05) is 29.5 Å². The van der Waals surface area contributed by atoms with E-state index in [1.165, 1.54) is 23.8 Å². The molecule has 40 heavy (non-hydrogen) atoms. The molecule has 2 atom stereocenters. The first-order chi connectivity index (χ1) is 19.3. The molecule has 2 aliphatic rings. The molecular weight excluding hydrogens is 532 g/mol. The van der Waals surface area contributed by atoms with Gasteiger partial charge in [0.05, 0.1) is 48.0 Å². The van der Waals surface area contributed by atoms with Crippen molar-refractivity contribution in [2.75, 3.05) is 25.8 Å². The number of nitrogens with zero attached hydrogens (tertiary/aromatic N) is 4. The van der Waals surface area contributed by atoms with Crippen LogP contribution in [0.25, 0.3) is 6.08 Å². The van der Waals surface area contributed by atoms with E-state index in [4.69, 9.17) is 14.2 Å². The fourth-order valence-corrected chi connectivity index (χ4v) is 5.89. The first kappa shape index (κ1) is 27.1. The maximum Gasteiger partial charge on any atom is 0.338 e. The molecule has 0 N–H and O–H groups in total. The van der Waals surface area contributed by atoms with E-state index in [0.29, 0.717) is 43.5 Å². The fraction of sp³-hybridized carbons (Fsp3) is 0.276. The minimum absolute atomic E-state index is 0.155. The third-order valence-corrected chi connectivity index (χ3v) is 7.75. The van der Waals surface area contributed by atoms with Gasteiger partial charge in [0.1, 0.15) is 23.5 Å². The van der Waals surface area contributed by atoms with Crippen LogP contribution in [-0.4, -0.2) is 43.0 Å². The molecule has 0 aliphatic carbocycles. The van der Waals surface area contributed by atoms with Gasteiger partial charge in [-0.3, -0.25) is 14.2 Å². The van der Waals surface area contributed by atoms with Gasteiger partial charge in [0.2, 0.25) is 0 Å². The highest BCUT2D eigenvalue weighted by Gasteiger charge is 2.37. The number of methoxy groups -OCH3 is 2. The molecule has 0 radical (unpaired) electrons. The van der Waals surface area contributed by atoms with E-state index in [9.17, 15) is 14.4 Å². The number of rotatable bonds is 7. The monoisotopic (exact) mass is 560 g/mol. The number of hydrogen-bond donors (Lipinski definition) is 0. The number of carbonyl (C=O) groups excluding carboxylic acids is 2. The molecular formula is C29H28N4O6S. The number of ether oxygens (including phenoxy) is 3. The number of amides is 1. The van der Waals surface area contributed by atoms with Gasteiger partial charge < -0.3 is 14.2 Å². The van der Waals surface area contributed by atoms with E-state index in [-0.39, 0.29) is 18.1 Å². The Kier molecular flexibility index (Phi) is 7.40. The molecule has 0 saturated heterocycles. The maximum atomic E-state index is 14.0. The van der Waals surface area contributed by atoms with Crippen molar-refractivity contribution < 1.29 is 23.8 Å². The van der Waals surface area contributed by atoms with Crippen LogP contribution in [0.5, 0.6) is 11.5 Å². The predicted molar refractivity (Wildman–Crippen MR) is 151 cm³/mol. The average Bonchev–Trinajstić information content (AvgIpc) is 3.42. The van der Waals surface area contributed by atoms with E-state index in [1.54, 1.807) is 57.2 Å². The van der Waals surface area contributed by atoms with Crippen LogP contribution in [0.3, 0.4) is 0 Å². The number of para-hydroxylation sites is 1. The highest BCUT2D eigenvalue weighted by Crippen LogP contribution is 2.38. The molecule has 0 saturated carbocycles.